The molecule has 80 valence electrons. The number of rotatable bonds is 5. The van der Waals surface area contributed by atoms with E-state index in [2.05, 4.69) is 5.92 Å². The SMILES string of the molecule is C#CC(C)(C)OCCC(C)(C)C(=O)O. The van der Waals surface area contributed by atoms with E-state index in [1.807, 2.05) is 0 Å². The van der Waals surface area contributed by atoms with Crippen molar-refractivity contribution >= 4 is 5.97 Å². The average Bonchev–Trinajstić information content (AvgIpc) is 2.03. The standard InChI is InChI=1S/C11H18O3/c1-6-11(4,5)14-8-7-10(2,3)9(12)13/h1H,7-8H2,2-5H3,(H,12,13). The molecule has 0 saturated carbocycles. The summed E-state index contributed by atoms with van der Waals surface area (Å²) in [5, 5.41) is 8.83. The molecule has 0 aromatic carbocycles. The summed E-state index contributed by atoms with van der Waals surface area (Å²) in [6, 6.07) is 0. The van der Waals surface area contributed by atoms with Gasteiger partial charge < -0.3 is 9.84 Å². The van der Waals surface area contributed by atoms with Crippen LogP contribution in [-0.2, 0) is 9.53 Å². The monoisotopic (exact) mass is 198 g/mol. The van der Waals surface area contributed by atoms with E-state index in [0.29, 0.717) is 13.0 Å². The molecule has 0 amide bonds. The van der Waals surface area contributed by atoms with Gasteiger partial charge in [0.2, 0.25) is 0 Å². The largest absolute Gasteiger partial charge is 0.481 e. The van der Waals surface area contributed by atoms with Crippen LogP contribution in [0.5, 0.6) is 0 Å². The third-order valence-corrected chi connectivity index (χ3v) is 2.12. The zero-order valence-corrected chi connectivity index (χ0v) is 9.26. The van der Waals surface area contributed by atoms with Crippen molar-refractivity contribution in [1.82, 2.24) is 0 Å². The minimum Gasteiger partial charge on any atom is -0.481 e. The number of carbonyl (C=O) groups is 1. The highest BCUT2D eigenvalue weighted by molar-refractivity contribution is 5.73. The third kappa shape index (κ3) is 4.29. The van der Waals surface area contributed by atoms with E-state index in [9.17, 15) is 4.79 Å². The van der Waals surface area contributed by atoms with Gasteiger partial charge >= 0.3 is 5.97 Å². The van der Waals surface area contributed by atoms with Crippen LogP contribution >= 0.6 is 0 Å². The Labute approximate surface area is 85.5 Å². The van der Waals surface area contributed by atoms with Gasteiger partial charge in [0.25, 0.3) is 0 Å². The fourth-order valence-corrected chi connectivity index (χ4v) is 0.710. The fourth-order valence-electron chi connectivity index (χ4n) is 0.710. The van der Waals surface area contributed by atoms with Crippen molar-refractivity contribution in [3.63, 3.8) is 0 Å². The van der Waals surface area contributed by atoms with Crippen LogP contribution in [0, 0.1) is 17.8 Å². The normalized spacial score (nSPS) is 12.2. The van der Waals surface area contributed by atoms with Crippen molar-refractivity contribution in [2.24, 2.45) is 5.41 Å². The summed E-state index contributed by atoms with van der Waals surface area (Å²) in [5.41, 5.74) is -1.38. The molecule has 0 atom stereocenters. The molecule has 0 heterocycles. The molecule has 0 rings (SSSR count). The zero-order valence-electron chi connectivity index (χ0n) is 9.26. The molecule has 0 unspecified atom stereocenters. The molecule has 14 heavy (non-hydrogen) atoms. The molecule has 1 N–H and O–H groups in total. The molecule has 0 bridgehead atoms. The second-order valence-electron chi connectivity index (χ2n) is 4.44. The van der Waals surface area contributed by atoms with Gasteiger partial charge in [0.1, 0.15) is 5.60 Å². The van der Waals surface area contributed by atoms with Crippen LogP contribution in [0.1, 0.15) is 34.1 Å². The van der Waals surface area contributed by atoms with Gasteiger partial charge in [-0.1, -0.05) is 5.92 Å². The lowest BCUT2D eigenvalue weighted by atomic mass is 9.90. The second kappa shape index (κ2) is 4.47. The number of ether oxygens (including phenoxy) is 1. The minimum atomic E-state index is -0.820. The average molecular weight is 198 g/mol. The summed E-state index contributed by atoms with van der Waals surface area (Å²) in [6.07, 6.45) is 5.68. The summed E-state index contributed by atoms with van der Waals surface area (Å²) >= 11 is 0. The van der Waals surface area contributed by atoms with Gasteiger partial charge in [-0.3, -0.25) is 4.79 Å². The van der Waals surface area contributed by atoms with E-state index in [1.165, 1.54) is 0 Å². The van der Waals surface area contributed by atoms with Crippen LogP contribution in [0.25, 0.3) is 0 Å². The highest BCUT2D eigenvalue weighted by Gasteiger charge is 2.27. The molecule has 0 aliphatic rings. The molecule has 3 heteroatoms. The predicted molar refractivity (Wildman–Crippen MR) is 54.9 cm³/mol. The van der Waals surface area contributed by atoms with Gasteiger partial charge in [-0.05, 0) is 34.1 Å². The first-order valence-electron chi connectivity index (χ1n) is 4.56. The van der Waals surface area contributed by atoms with Gasteiger partial charge in [-0.25, -0.2) is 0 Å². The van der Waals surface area contributed by atoms with E-state index >= 15 is 0 Å². The molecule has 0 spiro atoms. The van der Waals surface area contributed by atoms with E-state index in [-0.39, 0.29) is 0 Å². The molecule has 0 aliphatic carbocycles. The Bertz CT molecular complexity index is 246. The van der Waals surface area contributed by atoms with Crippen LogP contribution in [-0.4, -0.2) is 23.3 Å². The number of carboxylic acid groups (broad SMARTS) is 1. The maximum atomic E-state index is 10.8. The van der Waals surface area contributed by atoms with Crippen LogP contribution < -0.4 is 0 Å². The molecule has 3 nitrogen and oxygen atoms in total. The lowest BCUT2D eigenvalue weighted by Gasteiger charge is -2.23. The van der Waals surface area contributed by atoms with Crippen LogP contribution in [0.2, 0.25) is 0 Å². The summed E-state index contributed by atoms with van der Waals surface area (Å²) in [7, 11) is 0. The van der Waals surface area contributed by atoms with E-state index < -0.39 is 17.0 Å². The third-order valence-electron chi connectivity index (χ3n) is 2.12. The number of aliphatic carboxylic acids is 1. The lowest BCUT2D eigenvalue weighted by Crippen LogP contribution is -2.29. The zero-order chi connectivity index (χ0) is 11.4. The first-order chi connectivity index (χ1) is 6.21. The molecule has 0 aromatic rings. The summed E-state index contributed by atoms with van der Waals surface area (Å²) in [5.74, 6) is 1.67. The van der Waals surface area contributed by atoms with E-state index in [4.69, 9.17) is 16.3 Å². The Morgan fingerprint density at radius 1 is 1.43 bits per heavy atom. The molecular formula is C11H18O3. The first-order valence-corrected chi connectivity index (χ1v) is 4.56. The van der Waals surface area contributed by atoms with Crippen molar-refractivity contribution in [2.75, 3.05) is 6.61 Å². The van der Waals surface area contributed by atoms with Crippen molar-refractivity contribution in [2.45, 2.75) is 39.7 Å². The van der Waals surface area contributed by atoms with Crippen molar-refractivity contribution in [3.05, 3.63) is 0 Å². The Hall–Kier alpha value is -1.01. The molecule has 0 saturated heterocycles. The molecule has 0 aliphatic heterocycles. The molecule has 0 aromatic heterocycles. The topological polar surface area (TPSA) is 46.5 Å². The fraction of sp³-hybridized carbons (Fsp3) is 0.727. The number of hydrogen-bond donors (Lipinski definition) is 1. The van der Waals surface area contributed by atoms with Gasteiger partial charge in [-0.15, -0.1) is 6.42 Å². The highest BCUT2D eigenvalue weighted by Crippen LogP contribution is 2.21. The number of hydrogen-bond acceptors (Lipinski definition) is 2. The highest BCUT2D eigenvalue weighted by atomic mass is 16.5. The number of terminal acetylenes is 1. The first kappa shape index (κ1) is 13.0. The Morgan fingerprint density at radius 2 is 1.93 bits per heavy atom. The Morgan fingerprint density at radius 3 is 2.29 bits per heavy atom. The maximum absolute atomic E-state index is 10.8. The van der Waals surface area contributed by atoms with Gasteiger partial charge in [-0.2, -0.15) is 0 Å². The van der Waals surface area contributed by atoms with Gasteiger partial charge in [0.05, 0.1) is 5.41 Å². The van der Waals surface area contributed by atoms with Crippen LogP contribution in [0.3, 0.4) is 0 Å². The quantitative estimate of drug-likeness (QED) is 0.686. The molecule has 0 fully saturated rings. The minimum absolute atomic E-state index is 0.358. The van der Waals surface area contributed by atoms with Gasteiger partial charge in [0.15, 0.2) is 0 Å². The Kier molecular flexibility index (Phi) is 4.15. The second-order valence-corrected chi connectivity index (χ2v) is 4.44. The Balaban J connectivity index is 3.99. The summed E-state index contributed by atoms with van der Waals surface area (Å²) in [4.78, 5) is 10.8. The van der Waals surface area contributed by atoms with Crippen molar-refractivity contribution in [1.29, 1.82) is 0 Å². The number of carboxylic acids is 1. The van der Waals surface area contributed by atoms with Crippen molar-refractivity contribution in [3.8, 4) is 12.3 Å². The predicted octanol–water partition coefficient (Wildman–Crippen LogP) is 1.92. The van der Waals surface area contributed by atoms with E-state index in [0.717, 1.165) is 0 Å². The summed E-state index contributed by atoms with van der Waals surface area (Å²) in [6.45, 7) is 7.25. The summed E-state index contributed by atoms with van der Waals surface area (Å²) < 4.78 is 5.37. The van der Waals surface area contributed by atoms with Crippen LogP contribution in [0.4, 0.5) is 0 Å². The molecule has 0 radical (unpaired) electrons. The van der Waals surface area contributed by atoms with E-state index in [1.54, 1.807) is 27.7 Å². The smallest absolute Gasteiger partial charge is 0.309 e. The van der Waals surface area contributed by atoms with Crippen LogP contribution in [0.15, 0.2) is 0 Å². The van der Waals surface area contributed by atoms with Gasteiger partial charge in [0, 0.05) is 6.61 Å². The lowest BCUT2D eigenvalue weighted by molar-refractivity contribution is -0.148. The molecular weight excluding hydrogens is 180 g/mol. The van der Waals surface area contributed by atoms with Crippen molar-refractivity contribution < 1.29 is 14.6 Å². The maximum Gasteiger partial charge on any atom is 0.309 e.